The number of halogens is 1. The van der Waals surface area contributed by atoms with Gasteiger partial charge < -0.3 is 4.90 Å². The second kappa shape index (κ2) is 7.90. The minimum atomic E-state index is -0.122. The van der Waals surface area contributed by atoms with E-state index in [0.717, 1.165) is 15.8 Å². The highest BCUT2D eigenvalue weighted by Crippen LogP contribution is 2.19. The molecule has 0 saturated carbocycles. The zero-order valence-electron chi connectivity index (χ0n) is 13.8. The number of benzene rings is 3. The minimum absolute atomic E-state index is 0.122. The standard InChI is InChI=1S/C21H17BrN2O/c1-24(19-10-6-3-7-11-19)21(23-18-8-4-2-5-9-18)20(25)16-12-14-17(22)15-13-16/h2-15H,1H3. The van der Waals surface area contributed by atoms with Crippen molar-refractivity contribution in [1.82, 2.24) is 0 Å². The molecule has 0 aliphatic heterocycles. The number of anilines is 1. The normalized spacial score (nSPS) is 11.2. The summed E-state index contributed by atoms with van der Waals surface area (Å²) in [5.74, 6) is 0.252. The molecule has 124 valence electrons. The summed E-state index contributed by atoms with van der Waals surface area (Å²) in [6, 6.07) is 26.5. The SMILES string of the molecule is CN(C(=Nc1ccccc1)C(=O)c1ccc(Br)cc1)c1ccccc1. The molecule has 0 saturated heterocycles. The molecule has 3 aromatic rings. The molecule has 0 aliphatic rings. The average Bonchev–Trinajstić information content (AvgIpc) is 2.67. The third-order valence-electron chi connectivity index (χ3n) is 3.76. The lowest BCUT2D eigenvalue weighted by atomic mass is 10.1. The molecule has 0 fully saturated rings. The first-order valence-electron chi connectivity index (χ1n) is 7.88. The Morgan fingerprint density at radius 3 is 2.00 bits per heavy atom. The summed E-state index contributed by atoms with van der Waals surface area (Å²) in [7, 11) is 1.86. The van der Waals surface area contributed by atoms with Crippen molar-refractivity contribution < 1.29 is 4.79 Å². The first-order valence-corrected chi connectivity index (χ1v) is 8.67. The van der Waals surface area contributed by atoms with E-state index in [4.69, 9.17) is 0 Å². The molecular formula is C21H17BrN2O. The third-order valence-corrected chi connectivity index (χ3v) is 4.29. The fourth-order valence-corrected chi connectivity index (χ4v) is 2.67. The van der Waals surface area contributed by atoms with Crippen LogP contribution in [0.1, 0.15) is 10.4 Å². The molecule has 3 rings (SSSR count). The van der Waals surface area contributed by atoms with Crippen molar-refractivity contribution in [2.24, 2.45) is 4.99 Å². The lowest BCUT2D eigenvalue weighted by Gasteiger charge is -2.20. The van der Waals surface area contributed by atoms with Gasteiger partial charge in [-0.05, 0) is 48.5 Å². The Morgan fingerprint density at radius 2 is 1.40 bits per heavy atom. The number of carbonyl (C=O) groups excluding carboxylic acids is 1. The van der Waals surface area contributed by atoms with Crippen molar-refractivity contribution in [2.45, 2.75) is 0 Å². The van der Waals surface area contributed by atoms with Crippen LogP contribution in [0.5, 0.6) is 0 Å². The van der Waals surface area contributed by atoms with Gasteiger partial charge in [0.25, 0.3) is 0 Å². The van der Waals surface area contributed by atoms with Gasteiger partial charge in [-0.15, -0.1) is 0 Å². The maximum absolute atomic E-state index is 13.1. The van der Waals surface area contributed by atoms with Crippen LogP contribution < -0.4 is 4.90 Å². The number of carbonyl (C=O) groups is 1. The fraction of sp³-hybridized carbons (Fsp3) is 0.0476. The highest BCUT2D eigenvalue weighted by atomic mass is 79.9. The van der Waals surface area contributed by atoms with E-state index in [9.17, 15) is 4.79 Å². The number of para-hydroxylation sites is 2. The van der Waals surface area contributed by atoms with Gasteiger partial charge in [0.2, 0.25) is 5.78 Å². The summed E-state index contributed by atoms with van der Waals surface area (Å²) in [5, 5.41) is 0. The van der Waals surface area contributed by atoms with Crippen molar-refractivity contribution in [2.75, 3.05) is 11.9 Å². The number of hydrogen-bond acceptors (Lipinski definition) is 2. The Balaban J connectivity index is 2.04. The summed E-state index contributed by atoms with van der Waals surface area (Å²) in [5.41, 5.74) is 2.24. The first-order chi connectivity index (χ1) is 12.1. The molecule has 3 nitrogen and oxygen atoms in total. The molecule has 4 heteroatoms. The number of aliphatic imine (C=N–C) groups is 1. The second-order valence-electron chi connectivity index (χ2n) is 5.50. The predicted octanol–water partition coefficient (Wildman–Crippen LogP) is 5.50. The molecule has 0 bridgehead atoms. The molecule has 3 aromatic carbocycles. The van der Waals surface area contributed by atoms with Crippen molar-refractivity contribution in [3.63, 3.8) is 0 Å². The fourth-order valence-electron chi connectivity index (χ4n) is 2.41. The van der Waals surface area contributed by atoms with Gasteiger partial charge in [0.1, 0.15) is 0 Å². The quantitative estimate of drug-likeness (QED) is 0.333. The van der Waals surface area contributed by atoms with Crippen molar-refractivity contribution in [1.29, 1.82) is 0 Å². The van der Waals surface area contributed by atoms with Crippen LogP contribution in [-0.4, -0.2) is 18.7 Å². The van der Waals surface area contributed by atoms with Crippen LogP contribution in [-0.2, 0) is 0 Å². The van der Waals surface area contributed by atoms with E-state index in [1.165, 1.54) is 0 Å². The number of ketones is 1. The highest BCUT2D eigenvalue weighted by molar-refractivity contribution is 9.10. The van der Waals surface area contributed by atoms with Gasteiger partial charge in [-0.25, -0.2) is 4.99 Å². The van der Waals surface area contributed by atoms with Gasteiger partial charge in [-0.3, -0.25) is 4.79 Å². The highest BCUT2D eigenvalue weighted by Gasteiger charge is 2.20. The molecule has 0 aliphatic carbocycles. The van der Waals surface area contributed by atoms with E-state index in [2.05, 4.69) is 20.9 Å². The molecule has 0 aromatic heterocycles. The zero-order chi connectivity index (χ0) is 17.6. The lowest BCUT2D eigenvalue weighted by molar-refractivity contribution is 0.106. The Labute approximate surface area is 155 Å². The van der Waals surface area contributed by atoms with Gasteiger partial charge in [0.05, 0.1) is 5.69 Å². The van der Waals surface area contributed by atoms with E-state index in [1.807, 2.05) is 84.7 Å². The Bertz CT molecular complexity index is 875. The summed E-state index contributed by atoms with van der Waals surface area (Å²) in [6.45, 7) is 0. The number of rotatable bonds is 4. The van der Waals surface area contributed by atoms with Crippen LogP contribution in [0.4, 0.5) is 11.4 Å². The summed E-state index contributed by atoms with van der Waals surface area (Å²) < 4.78 is 0.932. The average molecular weight is 393 g/mol. The molecule has 0 heterocycles. The number of nitrogens with zero attached hydrogens (tertiary/aromatic N) is 2. The maximum atomic E-state index is 13.1. The summed E-state index contributed by atoms with van der Waals surface area (Å²) in [4.78, 5) is 19.5. The lowest BCUT2D eigenvalue weighted by Crippen LogP contribution is -2.33. The van der Waals surface area contributed by atoms with Crippen molar-refractivity contribution in [3.05, 3.63) is 95.0 Å². The van der Waals surface area contributed by atoms with Gasteiger partial charge in [-0.2, -0.15) is 0 Å². The van der Waals surface area contributed by atoms with Crippen LogP contribution in [0, 0.1) is 0 Å². The molecule has 0 atom stereocenters. The monoisotopic (exact) mass is 392 g/mol. The largest absolute Gasteiger partial charge is 0.326 e. The Morgan fingerprint density at radius 1 is 0.840 bits per heavy atom. The predicted molar refractivity (Wildman–Crippen MR) is 107 cm³/mol. The molecule has 0 unspecified atom stereocenters. The van der Waals surface area contributed by atoms with Gasteiger partial charge in [0.15, 0.2) is 5.84 Å². The number of likely N-dealkylation sites (N-methyl/N-ethyl adjacent to an activating group) is 1. The van der Waals surface area contributed by atoms with Crippen LogP contribution in [0.3, 0.4) is 0 Å². The van der Waals surface area contributed by atoms with E-state index < -0.39 is 0 Å². The summed E-state index contributed by atoms with van der Waals surface area (Å²) in [6.07, 6.45) is 0. The number of hydrogen-bond donors (Lipinski definition) is 0. The molecule has 0 spiro atoms. The molecule has 0 radical (unpaired) electrons. The van der Waals surface area contributed by atoms with E-state index >= 15 is 0 Å². The smallest absolute Gasteiger partial charge is 0.228 e. The zero-order valence-corrected chi connectivity index (χ0v) is 15.3. The van der Waals surface area contributed by atoms with Gasteiger partial charge in [-0.1, -0.05) is 52.3 Å². The minimum Gasteiger partial charge on any atom is -0.326 e. The Kier molecular flexibility index (Phi) is 5.41. The maximum Gasteiger partial charge on any atom is 0.228 e. The Hall–Kier alpha value is -2.72. The van der Waals surface area contributed by atoms with E-state index in [-0.39, 0.29) is 5.78 Å². The number of amidine groups is 1. The summed E-state index contributed by atoms with van der Waals surface area (Å²) >= 11 is 3.40. The number of Topliss-reactive ketones (excluding diaryl/α,β-unsaturated/α-hetero) is 1. The van der Waals surface area contributed by atoms with Crippen molar-refractivity contribution >= 4 is 38.9 Å². The van der Waals surface area contributed by atoms with Crippen molar-refractivity contribution in [3.8, 4) is 0 Å². The molecule has 0 amide bonds. The van der Waals surface area contributed by atoms with Crippen LogP contribution >= 0.6 is 15.9 Å². The van der Waals surface area contributed by atoms with E-state index in [1.54, 1.807) is 12.1 Å². The topological polar surface area (TPSA) is 32.7 Å². The van der Waals surface area contributed by atoms with E-state index in [0.29, 0.717) is 11.4 Å². The van der Waals surface area contributed by atoms with Crippen LogP contribution in [0.2, 0.25) is 0 Å². The van der Waals surface area contributed by atoms with Crippen LogP contribution in [0.25, 0.3) is 0 Å². The van der Waals surface area contributed by atoms with Crippen LogP contribution in [0.15, 0.2) is 94.4 Å². The van der Waals surface area contributed by atoms with Gasteiger partial charge in [0, 0.05) is 22.8 Å². The second-order valence-corrected chi connectivity index (χ2v) is 6.42. The molecule has 25 heavy (non-hydrogen) atoms. The first kappa shape index (κ1) is 17.1. The third kappa shape index (κ3) is 4.22. The molecular weight excluding hydrogens is 376 g/mol. The molecule has 0 N–H and O–H groups in total. The van der Waals surface area contributed by atoms with Gasteiger partial charge >= 0.3 is 0 Å².